The first-order valence-corrected chi connectivity index (χ1v) is 10.9. The molecule has 0 bridgehead atoms. The summed E-state index contributed by atoms with van der Waals surface area (Å²) in [5.74, 6) is 1.66. The number of amides is 1. The van der Waals surface area contributed by atoms with Crippen LogP contribution in [0.2, 0.25) is 0 Å². The molecule has 0 aromatic heterocycles. The monoisotopic (exact) mass is 397 g/mol. The first kappa shape index (κ1) is 20.0. The highest BCUT2D eigenvalue weighted by Crippen LogP contribution is 2.38. The molecule has 156 valence electrons. The summed E-state index contributed by atoms with van der Waals surface area (Å²) in [6.07, 6.45) is 7.77. The van der Waals surface area contributed by atoms with Crippen LogP contribution in [0.1, 0.15) is 63.0 Å². The van der Waals surface area contributed by atoms with Crippen LogP contribution in [0.15, 0.2) is 18.2 Å². The Morgan fingerprint density at radius 1 is 1.17 bits per heavy atom. The molecule has 29 heavy (non-hydrogen) atoms. The molecule has 1 aromatic carbocycles. The van der Waals surface area contributed by atoms with Crippen molar-refractivity contribution in [3.05, 3.63) is 23.8 Å². The van der Waals surface area contributed by atoms with Crippen molar-refractivity contribution in [2.75, 3.05) is 33.4 Å². The summed E-state index contributed by atoms with van der Waals surface area (Å²) in [4.78, 5) is 17.1. The van der Waals surface area contributed by atoms with Gasteiger partial charge >= 0.3 is 0 Å². The van der Waals surface area contributed by atoms with Crippen molar-refractivity contribution in [2.45, 2.75) is 62.9 Å². The van der Waals surface area contributed by atoms with E-state index in [9.17, 15) is 10.1 Å². The van der Waals surface area contributed by atoms with E-state index < -0.39 is 5.54 Å². The number of hydrogen-bond donors (Lipinski definition) is 0. The van der Waals surface area contributed by atoms with E-state index in [0.717, 1.165) is 69.4 Å². The van der Waals surface area contributed by atoms with Crippen LogP contribution in [0.3, 0.4) is 0 Å². The second-order valence-electron chi connectivity index (χ2n) is 8.54. The highest BCUT2D eigenvalue weighted by molar-refractivity contribution is 5.79. The molecule has 1 aromatic rings. The van der Waals surface area contributed by atoms with Gasteiger partial charge in [-0.05, 0) is 49.9 Å². The SMILES string of the molecule is CN(C(=O)CN1CCC[C@H]1c1ccc2c(c1)OCCCO2)C1(C#N)CCCCC1. The summed E-state index contributed by atoms with van der Waals surface area (Å²) < 4.78 is 11.6. The summed E-state index contributed by atoms with van der Waals surface area (Å²) in [7, 11) is 1.82. The Labute approximate surface area is 173 Å². The highest BCUT2D eigenvalue weighted by atomic mass is 16.5. The number of carbonyl (C=O) groups is 1. The Bertz CT molecular complexity index is 782. The molecule has 0 N–H and O–H groups in total. The molecule has 1 aliphatic carbocycles. The fraction of sp³-hybridized carbons (Fsp3) is 0.652. The minimum atomic E-state index is -0.625. The third-order valence-corrected chi connectivity index (χ3v) is 6.76. The average molecular weight is 398 g/mol. The van der Waals surface area contributed by atoms with E-state index >= 15 is 0 Å². The molecule has 1 atom stereocenters. The second kappa shape index (κ2) is 8.62. The number of ether oxygens (including phenoxy) is 2. The Morgan fingerprint density at radius 2 is 1.93 bits per heavy atom. The second-order valence-corrected chi connectivity index (χ2v) is 8.54. The van der Waals surface area contributed by atoms with Crippen LogP contribution < -0.4 is 9.47 Å². The van der Waals surface area contributed by atoms with E-state index in [0.29, 0.717) is 19.8 Å². The smallest absolute Gasteiger partial charge is 0.237 e. The van der Waals surface area contributed by atoms with Gasteiger partial charge in [0.2, 0.25) is 5.91 Å². The van der Waals surface area contributed by atoms with E-state index in [1.54, 1.807) is 4.90 Å². The van der Waals surface area contributed by atoms with Crippen molar-refractivity contribution >= 4 is 5.91 Å². The molecule has 6 nitrogen and oxygen atoms in total. The summed E-state index contributed by atoms with van der Waals surface area (Å²) in [5, 5.41) is 9.80. The fourth-order valence-corrected chi connectivity index (χ4v) is 4.96. The van der Waals surface area contributed by atoms with Gasteiger partial charge in [-0.1, -0.05) is 25.3 Å². The Morgan fingerprint density at radius 3 is 2.69 bits per heavy atom. The number of nitrogens with zero attached hydrogens (tertiary/aromatic N) is 3. The van der Waals surface area contributed by atoms with Gasteiger partial charge in [-0.3, -0.25) is 9.69 Å². The van der Waals surface area contributed by atoms with Crippen LogP contribution in [0, 0.1) is 11.3 Å². The van der Waals surface area contributed by atoms with Crippen LogP contribution in [0.4, 0.5) is 0 Å². The number of likely N-dealkylation sites (tertiary alicyclic amines) is 1. The van der Waals surface area contributed by atoms with Crippen LogP contribution in [-0.4, -0.2) is 54.6 Å². The number of benzene rings is 1. The molecule has 4 rings (SSSR count). The van der Waals surface area contributed by atoms with E-state index in [-0.39, 0.29) is 11.9 Å². The van der Waals surface area contributed by atoms with Gasteiger partial charge in [-0.15, -0.1) is 0 Å². The van der Waals surface area contributed by atoms with Gasteiger partial charge in [0, 0.05) is 19.5 Å². The van der Waals surface area contributed by atoms with Crippen molar-refractivity contribution < 1.29 is 14.3 Å². The van der Waals surface area contributed by atoms with Gasteiger partial charge in [0.25, 0.3) is 0 Å². The van der Waals surface area contributed by atoms with Gasteiger partial charge < -0.3 is 14.4 Å². The van der Waals surface area contributed by atoms with Gasteiger partial charge in [-0.2, -0.15) is 5.26 Å². The number of likely N-dealkylation sites (N-methyl/N-ethyl adjacent to an activating group) is 1. The fourth-order valence-electron chi connectivity index (χ4n) is 4.96. The molecule has 3 aliphatic rings. The average Bonchev–Trinajstić information content (AvgIpc) is 3.08. The third kappa shape index (κ3) is 4.06. The predicted octanol–water partition coefficient (Wildman–Crippen LogP) is 3.67. The normalized spacial score (nSPS) is 23.8. The first-order valence-electron chi connectivity index (χ1n) is 10.9. The molecule has 1 saturated heterocycles. The summed E-state index contributed by atoms with van der Waals surface area (Å²) in [6, 6.07) is 8.84. The lowest BCUT2D eigenvalue weighted by atomic mass is 9.81. The number of rotatable bonds is 4. The van der Waals surface area contributed by atoms with Crippen molar-refractivity contribution in [1.82, 2.24) is 9.80 Å². The van der Waals surface area contributed by atoms with Crippen molar-refractivity contribution in [3.63, 3.8) is 0 Å². The molecule has 2 fully saturated rings. The molecule has 1 amide bonds. The zero-order valence-electron chi connectivity index (χ0n) is 17.4. The lowest BCUT2D eigenvalue weighted by Gasteiger charge is -2.40. The number of fused-ring (bicyclic) bond motifs is 1. The number of hydrogen-bond acceptors (Lipinski definition) is 5. The molecular formula is C23H31N3O3. The molecule has 1 saturated carbocycles. The maximum atomic E-state index is 13.1. The van der Waals surface area contributed by atoms with Crippen LogP contribution in [0.5, 0.6) is 11.5 Å². The van der Waals surface area contributed by atoms with E-state index in [2.05, 4.69) is 23.1 Å². The minimum Gasteiger partial charge on any atom is -0.490 e. The third-order valence-electron chi connectivity index (χ3n) is 6.76. The minimum absolute atomic E-state index is 0.0506. The maximum absolute atomic E-state index is 13.1. The first-order chi connectivity index (χ1) is 14.1. The molecule has 6 heteroatoms. The number of carbonyl (C=O) groups excluding carboxylic acids is 1. The topological polar surface area (TPSA) is 65.8 Å². The van der Waals surface area contributed by atoms with Gasteiger partial charge in [0.1, 0.15) is 5.54 Å². The Hall–Kier alpha value is -2.26. The van der Waals surface area contributed by atoms with Gasteiger partial charge in [0.15, 0.2) is 11.5 Å². The van der Waals surface area contributed by atoms with E-state index in [1.807, 2.05) is 13.1 Å². The zero-order chi connectivity index (χ0) is 20.3. The standard InChI is InChI=1S/C23H31N3O3/c1-25(23(17-24)10-3-2-4-11-23)22(27)16-26-12-5-7-19(26)18-8-9-20-21(15-18)29-14-6-13-28-20/h8-9,15,19H,2-7,10-14,16H2,1H3/t19-/m0/s1. The van der Waals surface area contributed by atoms with Gasteiger partial charge in [0.05, 0.1) is 25.8 Å². The lowest BCUT2D eigenvalue weighted by molar-refractivity contribution is -0.136. The van der Waals surface area contributed by atoms with Crippen molar-refractivity contribution in [3.8, 4) is 17.6 Å². The zero-order valence-corrected chi connectivity index (χ0v) is 17.4. The Balaban J connectivity index is 1.47. The Kier molecular flexibility index (Phi) is 5.96. The molecule has 2 aliphatic heterocycles. The molecule has 0 radical (unpaired) electrons. The summed E-state index contributed by atoms with van der Waals surface area (Å²) in [5.41, 5.74) is 0.551. The molecular weight excluding hydrogens is 366 g/mol. The molecule has 0 spiro atoms. The molecule has 0 unspecified atom stereocenters. The number of nitriles is 1. The lowest BCUT2D eigenvalue weighted by Crippen LogP contribution is -2.52. The molecule has 2 heterocycles. The van der Waals surface area contributed by atoms with Crippen LogP contribution in [-0.2, 0) is 4.79 Å². The van der Waals surface area contributed by atoms with Crippen molar-refractivity contribution in [1.29, 1.82) is 5.26 Å². The van der Waals surface area contributed by atoms with Crippen LogP contribution >= 0.6 is 0 Å². The van der Waals surface area contributed by atoms with Crippen molar-refractivity contribution in [2.24, 2.45) is 0 Å². The summed E-state index contributed by atoms with van der Waals surface area (Å²) >= 11 is 0. The van der Waals surface area contributed by atoms with E-state index in [4.69, 9.17) is 9.47 Å². The van der Waals surface area contributed by atoms with Crippen LogP contribution in [0.25, 0.3) is 0 Å². The highest BCUT2D eigenvalue weighted by Gasteiger charge is 2.40. The maximum Gasteiger partial charge on any atom is 0.237 e. The van der Waals surface area contributed by atoms with E-state index in [1.165, 1.54) is 5.56 Å². The quantitative estimate of drug-likeness (QED) is 0.776. The summed E-state index contributed by atoms with van der Waals surface area (Å²) in [6.45, 7) is 2.62. The largest absolute Gasteiger partial charge is 0.490 e. The van der Waals surface area contributed by atoms with Gasteiger partial charge in [-0.25, -0.2) is 0 Å². The predicted molar refractivity (Wildman–Crippen MR) is 110 cm³/mol.